The van der Waals surface area contributed by atoms with Gasteiger partial charge in [-0.1, -0.05) is 17.7 Å². The first-order valence-corrected chi connectivity index (χ1v) is 11.3. The molecule has 1 fully saturated rings. The van der Waals surface area contributed by atoms with Crippen LogP contribution < -0.4 is 9.47 Å². The third kappa shape index (κ3) is 4.02. The van der Waals surface area contributed by atoms with Crippen LogP contribution in [0.4, 0.5) is 0 Å². The summed E-state index contributed by atoms with van der Waals surface area (Å²) >= 11 is 7.81. The molecule has 154 valence electrons. The maximum Gasteiger partial charge on any atom is 0.246 e. The zero-order valence-electron chi connectivity index (χ0n) is 16.3. The predicted octanol–water partition coefficient (Wildman–Crippen LogP) is 5.14. The third-order valence-electron chi connectivity index (χ3n) is 5.51. The Kier molecular flexibility index (Phi) is 5.35. The summed E-state index contributed by atoms with van der Waals surface area (Å²) in [6.45, 7) is 2.61. The molecule has 1 aromatic heterocycles. The number of benzene rings is 2. The van der Waals surface area contributed by atoms with Crippen LogP contribution >= 0.6 is 22.9 Å². The lowest BCUT2D eigenvalue weighted by Crippen LogP contribution is -2.36. The van der Waals surface area contributed by atoms with E-state index in [-0.39, 0.29) is 5.91 Å². The Morgan fingerprint density at radius 2 is 1.90 bits per heavy atom. The first kappa shape index (κ1) is 19.4. The van der Waals surface area contributed by atoms with Gasteiger partial charge in [0.25, 0.3) is 0 Å². The molecule has 3 aromatic rings. The van der Waals surface area contributed by atoms with Gasteiger partial charge < -0.3 is 14.4 Å². The number of likely N-dealkylation sites (tertiary alicyclic amines) is 1. The lowest BCUT2D eigenvalue weighted by atomic mass is 9.97. The van der Waals surface area contributed by atoms with Crippen LogP contribution in [-0.2, 0) is 4.79 Å². The highest BCUT2D eigenvalue weighted by atomic mass is 35.5. The van der Waals surface area contributed by atoms with Gasteiger partial charge in [-0.3, -0.25) is 4.79 Å². The standard InChI is InChI=1S/C23H21ClN2O3S/c24-17-3-5-21-18(14-17)25-23(30-21)16-7-9-26(10-8-16)22(27)6-2-15-1-4-19-20(13-15)29-12-11-28-19/h1-6,13-14,16H,7-12H2/b6-2+. The molecule has 1 amide bonds. The average Bonchev–Trinajstić information content (AvgIpc) is 3.20. The van der Waals surface area contributed by atoms with E-state index < -0.39 is 0 Å². The number of nitrogens with zero attached hydrogens (tertiary/aromatic N) is 2. The SMILES string of the molecule is O=C(/C=C/c1ccc2c(c1)OCCO2)N1CCC(c2nc3cc(Cl)ccc3s2)CC1. The number of carbonyl (C=O) groups excluding carboxylic acids is 1. The lowest BCUT2D eigenvalue weighted by Gasteiger charge is -2.30. The van der Waals surface area contributed by atoms with Crippen LogP contribution in [0.3, 0.4) is 0 Å². The van der Waals surface area contributed by atoms with Gasteiger partial charge >= 0.3 is 0 Å². The van der Waals surface area contributed by atoms with Gasteiger partial charge in [-0.25, -0.2) is 4.98 Å². The van der Waals surface area contributed by atoms with E-state index in [1.807, 2.05) is 47.4 Å². The number of hydrogen-bond donors (Lipinski definition) is 0. The van der Waals surface area contributed by atoms with Crippen molar-refractivity contribution >= 4 is 45.1 Å². The van der Waals surface area contributed by atoms with Gasteiger partial charge in [0.15, 0.2) is 11.5 Å². The van der Waals surface area contributed by atoms with Gasteiger partial charge in [-0.15, -0.1) is 11.3 Å². The molecule has 0 aliphatic carbocycles. The molecule has 2 aliphatic rings. The predicted molar refractivity (Wildman–Crippen MR) is 120 cm³/mol. The normalized spacial score (nSPS) is 17.0. The Hall–Kier alpha value is -2.57. The highest BCUT2D eigenvalue weighted by Crippen LogP contribution is 2.35. The van der Waals surface area contributed by atoms with Crippen LogP contribution in [0.25, 0.3) is 16.3 Å². The first-order chi connectivity index (χ1) is 14.7. The van der Waals surface area contributed by atoms with E-state index in [1.165, 1.54) is 0 Å². The number of rotatable bonds is 3. The number of thiazole rings is 1. The molecular formula is C23H21ClN2O3S. The number of aromatic nitrogens is 1. The van der Waals surface area contributed by atoms with Crippen molar-refractivity contribution < 1.29 is 14.3 Å². The Morgan fingerprint density at radius 3 is 2.73 bits per heavy atom. The second-order valence-electron chi connectivity index (χ2n) is 7.50. The highest BCUT2D eigenvalue weighted by molar-refractivity contribution is 7.18. The van der Waals surface area contributed by atoms with Crippen LogP contribution in [0.15, 0.2) is 42.5 Å². The van der Waals surface area contributed by atoms with Gasteiger partial charge in [0.2, 0.25) is 5.91 Å². The summed E-state index contributed by atoms with van der Waals surface area (Å²) in [6, 6.07) is 11.6. The monoisotopic (exact) mass is 440 g/mol. The van der Waals surface area contributed by atoms with Crippen molar-refractivity contribution in [3.8, 4) is 11.5 Å². The Morgan fingerprint density at radius 1 is 1.10 bits per heavy atom. The molecule has 3 heterocycles. The fraction of sp³-hybridized carbons (Fsp3) is 0.304. The van der Waals surface area contributed by atoms with Crippen molar-refractivity contribution in [2.75, 3.05) is 26.3 Å². The van der Waals surface area contributed by atoms with Crippen LogP contribution in [0.2, 0.25) is 5.02 Å². The van der Waals surface area contributed by atoms with E-state index in [2.05, 4.69) is 0 Å². The number of hydrogen-bond acceptors (Lipinski definition) is 5. The summed E-state index contributed by atoms with van der Waals surface area (Å²) in [7, 11) is 0. The molecule has 1 saturated heterocycles. The first-order valence-electron chi connectivity index (χ1n) is 10.1. The minimum Gasteiger partial charge on any atom is -0.486 e. The Balaban J connectivity index is 1.20. The van der Waals surface area contributed by atoms with E-state index in [0.29, 0.717) is 24.2 Å². The number of halogens is 1. The molecule has 0 radical (unpaired) electrons. The summed E-state index contributed by atoms with van der Waals surface area (Å²) < 4.78 is 12.3. The smallest absolute Gasteiger partial charge is 0.246 e. The van der Waals surface area contributed by atoms with Crippen molar-refractivity contribution in [3.05, 3.63) is 58.1 Å². The van der Waals surface area contributed by atoms with Gasteiger partial charge in [-0.05, 0) is 54.8 Å². The van der Waals surface area contributed by atoms with E-state index >= 15 is 0 Å². The summed E-state index contributed by atoms with van der Waals surface area (Å²) in [5, 5.41) is 1.86. The maximum absolute atomic E-state index is 12.6. The highest BCUT2D eigenvalue weighted by Gasteiger charge is 2.25. The number of ether oxygens (including phenoxy) is 2. The number of fused-ring (bicyclic) bond motifs is 2. The number of amides is 1. The van der Waals surface area contributed by atoms with Gasteiger partial charge in [-0.2, -0.15) is 0 Å². The molecule has 30 heavy (non-hydrogen) atoms. The van der Waals surface area contributed by atoms with Crippen molar-refractivity contribution in [3.63, 3.8) is 0 Å². The Labute approximate surface area is 183 Å². The van der Waals surface area contributed by atoms with E-state index in [9.17, 15) is 4.79 Å². The van der Waals surface area contributed by atoms with Gasteiger partial charge in [0.1, 0.15) is 13.2 Å². The van der Waals surface area contributed by atoms with Gasteiger partial charge in [0.05, 0.1) is 15.2 Å². The molecule has 0 N–H and O–H groups in total. The summed E-state index contributed by atoms with van der Waals surface area (Å²) in [4.78, 5) is 19.3. The largest absolute Gasteiger partial charge is 0.486 e. The second-order valence-corrected chi connectivity index (χ2v) is 9.00. The summed E-state index contributed by atoms with van der Waals surface area (Å²) in [5.41, 5.74) is 1.89. The molecule has 0 unspecified atom stereocenters. The minimum atomic E-state index is 0.0411. The van der Waals surface area contributed by atoms with E-state index in [4.69, 9.17) is 26.1 Å². The van der Waals surface area contributed by atoms with Crippen molar-refractivity contribution in [2.45, 2.75) is 18.8 Å². The molecule has 7 heteroatoms. The zero-order valence-corrected chi connectivity index (χ0v) is 17.9. The zero-order chi connectivity index (χ0) is 20.5. The van der Waals surface area contributed by atoms with E-state index in [0.717, 1.165) is 58.2 Å². The molecule has 5 nitrogen and oxygen atoms in total. The molecule has 0 saturated carbocycles. The third-order valence-corrected chi connectivity index (χ3v) is 6.94. The molecule has 5 rings (SSSR count). The minimum absolute atomic E-state index is 0.0411. The lowest BCUT2D eigenvalue weighted by molar-refractivity contribution is -0.126. The Bertz CT molecular complexity index is 1120. The molecule has 0 bridgehead atoms. The second kappa shape index (κ2) is 8.28. The molecule has 2 aromatic carbocycles. The molecular weight excluding hydrogens is 420 g/mol. The van der Waals surface area contributed by atoms with Crippen molar-refractivity contribution in [1.82, 2.24) is 9.88 Å². The number of carbonyl (C=O) groups is 1. The average molecular weight is 441 g/mol. The van der Waals surface area contributed by atoms with Crippen LogP contribution in [0.5, 0.6) is 11.5 Å². The van der Waals surface area contributed by atoms with Crippen LogP contribution in [-0.4, -0.2) is 42.1 Å². The maximum atomic E-state index is 12.6. The molecule has 0 atom stereocenters. The van der Waals surface area contributed by atoms with E-state index in [1.54, 1.807) is 17.4 Å². The topological polar surface area (TPSA) is 51.7 Å². The van der Waals surface area contributed by atoms with Crippen molar-refractivity contribution in [1.29, 1.82) is 0 Å². The van der Waals surface area contributed by atoms with Crippen LogP contribution in [0, 0.1) is 0 Å². The van der Waals surface area contributed by atoms with Crippen molar-refractivity contribution in [2.24, 2.45) is 0 Å². The molecule has 0 spiro atoms. The number of piperidine rings is 1. The van der Waals surface area contributed by atoms with Gasteiger partial charge in [0, 0.05) is 30.1 Å². The summed E-state index contributed by atoms with van der Waals surface area (Å²) in [5.74, 6) is 1.92. The fourth-order valence-corrected chi connectivity index (χ4v) is 5.16. The summed E-state index contributed by atoms with van der Waals surface area (Å²) in [6.07, 6.45) is 5.34. The fourth-order valence-electron chi connectivity index (χ4n) is 3.88. The quantitative estimate of drug-likeness (QED) is 0.529. The molecule has 2 aliphatic heterocycles. The van der Waals surface area contributed by atoms with Crippen LogP contribution in [0.1, 0.15) is 29.3 Å².